The molecule has 0 radical (unpaired) electrons. The van der Waals surface area contributed by atoms with E-state index in [2.05, 4.69) is 0 Å². The largest absolute Gasteiger partial charge is 0.494 e. The Labute approximate surface area is 101 Å². The summed E-state index contributed by atoms with van der Waals surface area (Å²) in [7, 11) is 1.63. The highest BCUT2D eigenvalue weighted by atomic mass is 16.5. The molecule has 1 heterocycles. The monoisotopic (exact) mass is 234 g/mol. The van der Waals surface area contributed by atoms with E-state index in [4.69, 9.17) is 10.5 Å². The van der Waals surface area contributed by atoms with Crippen LogP contribution in [0.15, 0.2) is 12.1 Å². The minimum atomic E-state index is -0.0759. The van der Waals surface area contributed by atoms with Crippen LogP contribution in [0.25, 0.3) is 0 Å². The molecule has 0 bridgehead atoms. The third kappa shape index (κ3) is 2.13. The highest BCUT2D eigenvalue weighted by molar-refractivity contribution is 5.98. The molecule has 1 unspecified atom stereocenters. The number of ether oxygens (including phenoxy) is 1. The summed E-state index contributed by atoms with van der Waals surface area (Å²) >= 11 is 0. The van der Waals surface area contributed by atoms with Crippen molar-refractivity contribution < 1.29 is 9.53 Å². The molecule has 0 aliphatic carbocycles. The molecular formula is C13H18N2O2. The summed E-state index contributed by atoms with van der Waals surface area (Å²) in [6.45, 7) is 4.56. The van der Waals surface area contributed by atoms with Gasteiger partial charge in [0, 0.05) is 19.0 Å². The van der Waals surface area contributed by atoms with Crippen molar-refractivity contribution >= 4 is 11.6 Å². The van der Waals surface area contributed by atoms with Crippen molar-refractivity contribution in [1.29, 1.82) is 0 Å². The van der Waals surface area contributed by atoms with E-state index in [1.807, 2.05) is 26.0 Å². The van der Waals surface area contributed by atoms with Crippen LogP contribution in [0.5, 0.6) is 5.75 Å². The summed E-state index contributed by atoms with van der Waals surface area (Å²) in [6.07, 6.45) is 0.413. The first kappa shape index (κ1) is 11.9. The van der Waals surface area contributed by atoms with Crippen molar-refractivity contribution in [3.63, 3.8) is 0 Å². The Kier molecular flexibility index (Phi) is 3.07. The topological polar surface area (TPSA) is 55.6 Å². The van der Waals surface area contributed by atoms with Gasteiger partial charge in [0.15, 0.2) is 0 Å². The highest BCUT2D eigenvalue weighted by Crippen LogP contribution is 2.35. The van der Waals surface area contributed by atoms with Crippen molar-refractivity contribution in [2.45, 2.75) is 26.3 Å². The number of aryl methyl sites for hydroxylation is 2. The molecule has 1 aliphatic rings. The standard InChI is InChI=1S/C13H18N2O2/c1-8-4-9(2)13(17-3)11(5-8)15-7-10(14)6-12(15)16/h4-5,10H,6-7,14H2,1-3H3. The lowest BCUT2D eigenvalue weighted by Gasteiger charge is -2.21. The molecule has 92 valence electrons. The molecule has 1 amide bonds. The number of hydrogen-bond acceptors (Lipinski definition) is 3. The van der Waals surface area contributed by atoms with Gasteiger partial charge in [0.25, 0.3) is 0 Å². The van der Waals surface area contributed by atoms with E-state index in [0.29, 0.717) is 13.0 Å². The van der Waals surface area contributed by atoms with Gasteiger partial charge in [-0.2, -0.15) is 0 Å². The van der Waals surface area contributed by atoms with E-state index in [-0.39, 0.29) is 11.9 Å². The molecular weight excluding hydrogens is 216 g/mol. The van der Waals surface area contributed by atoms with Crippen LogP contribution < -0.4 is 15.4 Å². The lowest BCUT2D eigenvalue weighted by molar-refractivity contribution is -0.117. The summed E-state index contributed by atoms with van der Waals surface area (Å²) in [6, 6.07) is 3.94. The molecule has 2 rings (SSSR count). The summed E-state index contributed by atoms with van der Waals surface area (Å²) < 4.78 is 5.39. The predicted molar refractivity (Wildman–Crippen MR) is 67.4 cm³/mol. The van der Waals surface area contributed by atoms with Crippen LogP contribution in [0.1, 0.15) is 17.5 Å². The van der Waals surface area contributed by atoms with Gasteiger partial charge >= 0.3 is 0 Å². The van der Waals surface area contributed by atoms with E-state index in [1.54, 1.807) is 12.0 Å². The van der Waals surface area contributed by atoms with Gasteiger partial charge < -0.3 is 15.4 Å². The molecule has 17 heavy (non-hydrogen) atoms. The third-order valence-electron chi connectivity index (χ3n) is 3.05. The maximum atomic E-state index is 11.9. The van der Waals surface area contributed by atoms with Gasteiger partial charge in [-0.1, -0.05) is 6.07 Å². The molecule has 1 aliphatic heterocycles. The van der Waals surface area contributed by atoms with Gasteiger partial charge in [0.1, 0.15) is 5.75 Å². The van der Waals surface area contributed by atoms with Crippen molar-refractivity contribution in [1.82, 2.24) is 0 Å². The number of carbonyl (C=O) groups excluding carboxylic acids is 1. The molecule has 1 atom stereocenters. The van der Waals surface area contributed by atoms with Crippen molar-refractivity contribution in [2.24, 2.45) is 5.73 Å². The fourth-order valence-corrected chi connectivity index (χ4v) is 2.37. The van der Waals surface area contributed by atoms with Crippen molar-refractivity contribution in [3.05, 3.63) is 23.3 Å². The van der Waals surface area contributed by atoms with Gasteiger partial charge in [-0.05, 0) is 31.0 Å². The lowest BCUT2D eigenvalue weighted by Crippen LogP contribution is -2.28. The fourth-order valence-electron chi connectivity index (χ4n) is 2.37. The first-order chi connectivity index (χ1) is 8.02. The van der Waals surface area contributed by atoms with Crippen LogP contribution in [0, 0.1) is 13.8 Å². The maximum absolute atomic E-state index is 11.9. The van der Waals surface area contributed by atoms with Crippen LogP contribution in [-0.2, 0) is 4.79 Å². The Balaban J connectivity index is 2.47. The van der Waals surface area contributed by atoms with Gasteiger partial charge in [-0.25, -0.2) is 0 Å². The van der Waals surface area contributed by atoms with E-state index in [9.17, 15) is 4.79 Å². The number of methoxy groups -OCH3 is 1. The molecule has 0 aromatic heterocycles. The molecule has 1 aromatic carbocycles. The molecule has 4 heteroatoms. The first-order valence-electron chi connectivity index (χ1n) is 5.74. The number of nitrogens with two attached hydrogens (primary N) is 1. The summed E-state index contributed by atoms with van der Waals surface area (Å²) in [5.41, 5.74) is 8.81. The number of hydrogen-bond donors (Lipinski definition) is 1. The quantitative estimate of drug-likeness (QED) is 0.841. The van der Waals surface area contributed by atoms with Gasteiger partial charge in [0.05, 0.1) is 12.8 Å². The highest BCUT2D eigenvalue weighted by Gasteiger charge is 2.30. The van der Waals surface area contributed by atoms with Crippen LogP contribution in [0.4, 0.5) is 5.69 Å². The normalized spacial score (nSPS) is 19.9. The lowest BCUT2D eigenvalue weighted by atomic mass is 10.1. The average Bonchev–Trinajstić information content (AvgIpc) is 2.56. The number of anilines is 1. The Morgan fingerprint density at radius 2 is 2.12 bits per heavy atom. The summed E-state index contributed by atoms with van der Waals surface area (Å²) in [4.78, 5) is 13.6. The zero-order valence-electron chi connectivity index (χ0n) is 10.5. The minimum absolute atomic E-state index is 0.0702. The minimum Gasteiger partial charge on any atom is -0.494 e. The average molecular weight is 234 g/mol. The second-order valence-corrected chi connectivity index (χ2v) is 4.60. The van der Waals surface area contributed by atoms with Crippen LogP contribution in [-0.4, -0.2) is 25.6 Å². The Hall–Kier alpha value is -1.55. The SMILES string of the molecule is COc1c(C)cc(C)cc1N1CC(N)CC1=O. The number of benzene rings is 1. The molecule has 0 spiro atoms. The zero-order chi connectivity index (χ0) is 12.6. The molecule has 1 saturated heterocycles. The number of rotatable bonds is 2. The predicted octanol–water partition coefficient (Wildman–Crippen LogP) is 1.38. The number of amides is 1. The summed E-state index contributed by atoms with van der Waals surface area (Å²) in [5.74, 6) is 0.832. The second-order valence-electron chi connectivity index (χ2n) is 4.60. The fraction of sp³-hybridized carbons (Fsp3) is 0.462. The second kappa shape index (κ2) is 4.37. The van der Waals surface area contributed by atoms with Gasteiger partial charge in [-0.15, -0.1) is 0 Å². The van der Waals surface area contributed by atoms with Crippen LogP contribution >= 0.6 is 0 Å². The van der Waals surface area contributed by atoms with E-state index >= 15 is 0 Å². The van der Waals surface area contributed by atoms with Gasteiger partial charge in [-0.3, -0.25) is 4.79 Å². The maximum Gasteiger partial charge on any atom is 0.228 e. The molecule has 1 fully saturated rings. The first-order valence-corrected chi connectivity index (χ1v) is 5.74. The van der Waals surface area contributed by atoms with Crippen molar-refractivity contribution in [3.8, 4) is 5.75 Å². The van der Waals surface area contributed by atoms with E-state index < -0.39 is 0 Å². The van der Waals surface area contributed by atoms with Crippen molar-refractivity contribution in [2.75, 3.05) is 18.6 Å². The third-order valence-corrected chi connectivity index (χ3v) is 3.05. The summed E-state index contributed by atoms with van der Waals surface area (Å²) in [5, 5.41) is 0. The molecule has 1 aromatic rings. The number of nitrogens with zero attached hydrogens (tertiary/aromatic N) is 1. The Morgan fingerprint density at radius 1 is 1.41 bits per heavy atom. The smallest absolute Gasteiger partial charge is 0.228 e. The zero-order valence-corrected chi connectivity index (χ0v) is 10.5. The number of carbonyl (C=O) groups is 1. The molecule has 0 saturated carbocycles. The molecule has 2 N–H and O–H groups in total. The molecule has 4 nitrogen and oxygen atoms in total. The Bertz CT molecular complexity index is 457. The van der Waals surface area contributed by atoms with E-state index in [1.165, 1.54) is 0 Å². The van der Waals surface area contributed by atoms with E-state index in [0.717, 1.165) is 22.6 Å². The van der Waals surface area contributed by atoms with Crippen LogP contribution in [0.3, 0.4) is 0 Å². The Morgan fingerprint density at radius 3 is 2.65 bits per heavy atom. The van der Waals surface area contributed by atoms with Crippen LogP contribution in [0.2, 0.25) is 0 Å². The van der Waals surface area contributed by atoms with Gasteiger partial charge in [0.2, 0.25) is 5.91 Å².